The number of fused-ring (bicyclic) bond motifs is 1. The van der Waals surface area contributed by atoms with Crippen molar-refractivity contribution in [2.24, 2.45) is 5.92 Å². The normalized spacial score (nSPS) is 42.5. The summed E-state index contributed by atoms with van der Waals surface area (Å²) in [4.78, 5) is 2.94. The van der Waals surface area contributed by atoms with Gasteiger partial charge >= 0.3 is 0 Å². The van der Waals surface area contributed by atoms with Crippen LogP contribution in [0.5, 0.6) is 0 Å². The Morgan fingerprint density at radius 2 is 1.72 bits per heavy atom. The van der Waals surface area contributed by atoms with Crippen LogP contribution in [0.4, 0.5) is 0 Å². The maximum absolute atomic E-state index is 3.52. The fourth-order valence-electron chi connectivity index (χ4n) is 4.84. The average Bonchev–Trinajstić information content (AvgIpc) is 2.47. The summed E-state index contributed by atoms with van der Waals surface area (Å²) in [5.74, 6) is 1.04. The average molecular weight is 250 g/mol. The van der Waals surface area contributed by atoms with Crippen LogP contribution in [-0.4, -0.2) is 36.6 Å². The molecular formula is C16H30N2. The van der Waals surface area contributed by atoms with Gasteiger partial charge in [0.25, 0.3) is 0 Å². The summed E-state index contributed by atoms with van der Waals surface area (Å²) in [5, 5.41) is 3.52. The Morgan fingerprint density at radius 3 is 2.61 bits per heavy atom. The monoisotopic (exact) mass is 250 g/mol. The van der Waals surface area contributed by atoms with Crippen LogP contribution >= 0.6 is 0 Å². The predicted molar refractivity (Wildman–Crippen MR) is 76.8 cm³/mol. The molecule has 0 amide bonds. The van der Waals surface area contributed by atoms with Gasteiger partial charge in [0.05, 0.1) is 0 Å². The number of rotatable bonds is 2. The first-order valence-electron chi connectivity index (χ1n) is 8.31. The smallest absolute Gasteiger partial charge is 0.0126 e. The Morgan fingerprint density at radius 1 is 0.889 bits per heavy atom. The summed E-state index contributed by atoms with van der Waals surface area (Å²) in [6.45, 7) is 1.39. The second-order valence-electron chi connectivity index (χ2n) is 6.80. The minimum Gasteiger partial charge on any atom is -0.317 e. The van der Waals surface area contributed by atoms with Gasteiger partial charge in [0.2, 0.25) is 0 Å². The number of hydrogen-bond acceptors (Lipinski definition) is 2. The van der Waals surface area contributed by atoms with Crippen LogP contribution in [0.3, 0.4) is 0 Å². The van der Waals surface area contributed by atoms with E-state index in [1.807, 2.05) is 0 Å². The molecule has 2 nitrogen and oxygen atoms in total. The van der Waals surface area contributed by atoms with Gasteiger partial charge in [0, 0.05) is 18.1 Å². The van der Waals surface area contributed by atoms with Gasteiger partial charge in [0.1, 0.15) is 0 Å². The van der Waals surface area contributed by atoms with Crippen molar-refractivity contribution in [3.05, 3.63) is 0 Å². The molecule has 0 aromatic heterocycles. The molecule has 3 fully saturated rings. The maximum atomic E-state index is 3.52. The third-order valence-electron chi connectivity index (χ3n) is 5.81. The predicted octanol–water partition coefficient (Wildman–Crippen LogP) is 3.17. The Labute approximate surface area is 113 Å². The quantitative estimate of drug-likeness (QED) is 0.810. The molecule has 2 aliphatic carbocycles. The fourth-order valence-corrected chi connectivity index (χ4v) is 4.84. The van der Waals surface area contributed by atoms with Crippen molar-refractivity contribution in [3.8, 4) is 0 Å². The van der Waals surface area contributed by atoms with E-state index in [2.05, 4.69) is 17.3 Å². The lowest BCUT2D eigenvalue weighted by atomic mass is 9.76. The van der Waals surface area contributed by atoms with E-state index in [-0.39, 0.29) is 0 Å². The van der Waals surface area contributed by atoms with Crippen LogP contribution in [-0.2, 0) is 0 Å². The van der Waals surface area contributed by atoms with Gasteiger partial charge in [-0.3, -0.25) is 4.90 Å². The van der Waals surface area contributed by atoms with E-state index in [0.29, 0.717) is 0 Å². The third kappa shape index (κ3) is 2.60. The highest BCUT2D eigenvalue weighted by atomic mass is 15.2. The van der Waals surface area contributed by atoms with Crippen molar-refractivity contribution in [2.45, 2.75) is 82.3 Å². The van der Waals surface area contributed by atoms with Gasteiger partial charge in [-0.1, -0.05) is 19.3 Å². The molecule has 0 aromatic carbocycles. The van der Waals surface area contributed by atoms with E-state index in [0.717, 1.165) is 24.0 Å². The Balaban J connectivity index is 1.65. The lowest BCUT2D eigenvalue weighted by molar-refractivity contribution is 0.00899. The summed E-state index contributed by atoms with van der Waals surface area (Å²) in [5.41, 5.74) is 0. The van der Waals surface area contributed by atoms with Gasteiger partial charge in [-0.15, -0.1) is 0 Å². The molecule has 3 rings (SSSR count). The zero-order valence-corrected chi connectivity index (χ0v) is 12.0. The Bertz CT molecular complexity index is 264. The molecule has 0 radical (unpaired) electrons. The van der Waals surface area contributed by atoms with E-state index in [4.69, 9.17) is 0 Å². The van der Waals surface area contributed by atoms with Crippen LogP contribution in [0, 0.1) is 5.92 Å². The molecule has 4 atom stereocenters. The molecule has 1 heterocycles. The summed E-state index contributed by atoms with van der Waals surface area (Å²) in [6, 6.07) is 2.63. The maximum Gasteiger partial charge on any atom is 0.0126 e. The zero-order chi connectivity index (χ0) is 12.4. The lowest BCUT2D eigenvalue weighted by Gasteiger charge is -2.49. The van der Waals surface area contributed by atoms with Crippen LogP contribution in [0.2, 0.25) is 0 Å². The fraction of sp³-hybridized carbons (Fsp3) is 1.00. The summed E-state index contributed by atoms with van der Waals surface area (Å²) in [6.07, 6.45) is 14.7. The van der Waals surface area contributed by atoms with Crippen molar-refractivity contribution >= 4 is 0 Å². The first-order valence-corrected chi connectivity index (χ1v) is 8.31. The standard InChI is InChI=1S/C16H30N2/c1-17-14-8-4-9-15(12-14)18-11-5-7-13-6-2-3-10-16(13)18/h13-17H,2-12H2,1H3. The van der Waals surface area contributed by atoms with Crippen molar-refractivity contribution in [1.29, 1.82) is 0 Å². The van der Waals surface area contributed by atoms with Gasteiger partial charge in [-0.25, -0.2) is 0 Å². The SMILES string of the molecule is CNC1CCCC(N2CCCC3CCCCC32)C1. The van der Waals surface area contributed by atoms with Gasteiger partial charge < -0.3 is 5.32 Å². The molecule has 104 valence electrons. The molecule has 3 aliphatic rings. The van der Waals surface area contributed by atoms with Gasteiger partial charge in [-0.2, -0.15) is 0 Å². The lowest BCUT2D eigenvalue weighted by Crippen LogP contribution is -2.54. The zero-order valence-electron chi connectivity index (χ0n) is 12.0. The number of nitrogens with one attached hydrogen (secondary N) is 1. The Kier molecular flexibility index (Phi) is 4.25. The molecule has 0 spiro atoms. The molecule has 0 bridgehead atoms. The van der Waals surface area contributed by atoms with Gasteiger partial charge in [-0.05, 0) is 64.5 Å². The largest absolute Gasteiger partial charge is 0.317 e. The van der Waals surface area contributed by atoms with Crippen molar-refractivity contribution in [2.75, 3.05) is 13.6 Å². The number of likely N-dealkylation sites (tertiary alicyclic amines) is 1. The molecule has 2 heteroatoms. The molecule has 0 aromatic rings. The highest BCUT2D eigenvalue weighted by molar-refractivity contribution is 4.93. The minimum atomic E-state index is 0.785. The number of nitrogens with zero attached hydrogens (tertiary/aromatic N) is 1. The molecule has 1 aliphatic heterocycles. The first-order chi connectivity index (χ1) is 8.88. The molecular weight excluding hydrogens is 220 g/mol. The third-order valence-corrected chi connectivity index (χ3v) is 5.81. The molecule has 2 saturated carbocycles. The van der Waals surface area contributed by atoms with E-state index in [1.54, 1.807) is 0 Å². The van der Waals surface area contributed by atoms with E-state index in [1.165, 1.54) is 70.8 Å². The van der Waals surface area contributed by atoms with Gasteiger partial charge in [0.15, 0.2) is 0 Å². The summed E-state index contributed by atoms with van der Waals surface area (Å²) >= 11 is 0. The second kappa shape index (κ2) is 5.92. The number of hydrogen-bond donors (Lipinski definition) is 1. The van der Waals surface area contributed by atoms with Crippen LogP contribution < -0.4 is 5.32 Å². The van der Waals surface area contributed by atoms with E-state index < -0.39 is 0 Å². The first kappa shape index (κ1) is 12.9. The van der Waals surface area contributed by atoms with E-state index in [9.17, 15) is 0 Å². The molecule has 4 unspecified atom stereocenters. The summed E-state index contributed by atoms with van der Waals surface area (Å²) in [7, 11) is 2.15. The molecule has 18 heavy (non-hydrogen) atoms. The minimum absolute atomic E-state index is 0.785. The highest BCUT2D eigenvalue weighted by Crippen LogP contribution is 2.38. The molecule has 1 N–H and O–H groups in total. The number of piperidine rings is 1. The van der Waals surface area contributed by atoms with Crippen molar-refractivity contribution < 1.29 is 0 Å². The Hall–Kier alpha value is -0.0800. The second-order valence-corrected chi connectivity index (χ2v) is 6.80. The van der Waals surface area contributed by atoms with Crippen LogP contribution in [0.1, 0.15) is 64.2 Å². The topological polar surface area (TPSA) is 15.3 Å². The van der Waals surface area contributed by atoms with E-state index >= 15 is 0 Å². The van der Waals surface area contributed by atoms with Crippen molar-refractivity contribution in [3.63, 3.8) is 0 Å². The summed E-state index contributed by atoms with van der Waals surface area (Å²) < 4.78 is 0. The highest BCUT2D eigenvalue weighted by Gasteiger charge is 2.37. The van der Waals surface area contributed by atoms with Crippen molar-refractivity contribution in [1.82, 2.24) is 10.2 Å². The molecule has 1 saturated heterocycles. The van der Waals surface area contributed by atoms with Crippen LogP contribution in [0.15, 0.2) is 0 Å². The van der Waals surface area contributed by atoms with Crippen LogP contribution in [0.25, 0.3) is 0 Å².